The Kier molecular flexibility index (Phi) is 5.94. The topological polar surface area (TPSA) is 65.9 Å². The third-order valence-corrected chi connectivity index (χ3v) is 5.08. The second kappa shape index (κ2) is 8.39. The largest absolute Gasteiger partial charge is 0.347 e. The number of carbonyl (C=O) groups excluding carboxylic acids is 2. The van der Waals surface area contributed by atoms with E-state index in [2.05, 4.69) is 4.90 Å². The smallest absolute Gasteiger partial charge is 0.263 e. The Balaban J connectivity index is 1.92. The molecule has 7 nitrogen and oxygen atoms in total. The van der Waals surface area contributed by atoms with Gasteiger partial charge in [0, 0.05) is 39.9 Å². The second-order valence-electron chi connectivity index (χ2n) is 7.33. The Morgan fingerprint density at radius 2 is 1.79 bits per heavy atom. The van der Waals surface area contributed by atoms with Crippen LogP contribution in [-0.4, -0.2) is 71.9 Å². The molecule has 0 saturated carbocycles. The van der Waals surface area contributed by atoms with Gasteiger partial charge in [0.15, 0.2) is 0 Å². The minimum Gasteiger partial charge on any atom is -0.347 e. The first-order chi connectivity index (χ1) is 13.4. The standard InChI is InChI=1S/C21H26N4O3/c1-22(2)19(26)15-24-11-7-10-17(20(24)27)21(28)25-13-12-23(3)14-18(25)16-8-5-4-6-9-16/h4-11,18H,12-15H2,1-3H3. The van der Waals surface area contributed by atoms with Crippen molar-refractivity contribution in [3.8, 4) is 0 Å². The minimum absolute atomic E-state index is 0.0855. The van der Waals surface area contributed by atoms with Crippen molar-refractivity contribution >= 4 is 11.8 Å². The van der Waals surface area contributed by atoms with Gasteiger partial charge in [-0.2, -0.15) is 0 Å². The van der Waals surface area contributed by atoms with Crippen molar-refractivity contribution in [2.75, 3.05) is 40.8 Å². The Morgan fingerprint density at radius 3 is 2.46 bits per heavy atom. The highest BCUT2D eigenvalue weighted by Gasteiger charge is 2.32. The quantitative estimate of drug-likeness (QED) is 0.793. The monoisotopic (exact) mass is 382 g/mol. The molecule has 1 aromatic heterocycles. The van der Waals surface area contributed by atoms with E-state index in [4.69, 9.17) is 0 Å². The third kappa shape index (κ3) is 4.14. The number of nitrogens with zero attached hydrogens (tertiary/aromatic N) is 4. The molecule has 1 aliphatic rings. The number of amides is 2. The highest BCUT2D eigenvalue weighted by molar-refractivity contribution is 5.94. The van der Waals surface area contributed by atoms with Crippen LogP contribution in [0.15, 0.2) is 53.5 Å². The Hall–Kier alpha value is -2.93. The highest BCUT2D eigenvalue weighted by atomic mass is 16.2. The number of carbonyl (C=O) groups is 2. The molecule has 0 bridgehead atoms. The summed E-state index contributed by atoms with van der Waals surface area (Å²) < 4.78 is 1.29. The van der Waals surface area contributed by atoms with Crippen LogP contribution in [0.1, 0.15) is 22.0 Å². The number of aromatic nitrogens is 1. The summed E-state index contributed by atoms with van der Waals surface area (Å²) >= 11 is 0. The predicted octanol–water partition coefficient (Wildman–Crippen LogP) is 1.07. The van der Waals surface area contributed by atoms with Crippen LogP contribution in [0.5, 0.6) is 0 Å². The maximum Gasteiger partial charge on any atom is 0.263 e. The molecule has 3 rings (SSSR count). The first kappa shape index (κ1) is 19.8. The van der Waals surface area contributed by atoms with Crippen molar-refractivity contribution in [1.29, 1.82) is 0 Å². The van der Waals surface area contributed by atoms with Gasteiger partial charge in [0.1, 0.15) is 12.1 Å². The average Bonchev–Trinajstić information content (AvgIpc) is 2.69. The number of piperazine rings is 1. The first-order valence-corrected chi connectivity index (χ1v) is 9.32. The van der Waals surface area contributed by atoms with E-state index in [1.165, 1.54) is 9.47 Å². The van der Waals surface area contributed by atoms with Crippen molar-refractivity contribution in [2.24, 2.45) is 0 Å². The highest BCUT2D eigenvalue weighted by Crippen LogP contribution is 2.26. The number of hydrogen-bond acceptors (Lipinski definition) is 4. The van der Waals surface area contributed by atoms with Crippen molar-refractivity contribution in [3.63, 3.8) is 0 Å². The van der Waals surface area contributed by atoms with Crippen LogP contribution in [-0.2, 0) is 11.3 Å². The van der Waals surface area contributed by atoms with E-state index in [9.17, 15) is 14.4 Å². The van der Waals surface area contributed by atoms with Crippen LogP contribution in [0.25, 0.3) is 0 Å². The molecule has 0 N–H and O–H groups in total. The first-order valence-electron chi connectivity index (χ1n) is 9.32. The van der Waals surface area contributed by atoms with Crippen LogP contribution in [0.4, 0.5) is 0 Å². The maximum atomic E-state index is 13.3. The Labute approximate surface area is 164 Å². The molecule has 2 amide bonds. The molecular formula is C21H26N4O3. The maximum absolute atomic E-state index is 13.3. The summed E-state index contributed by atoms with van der Waals surface area (Å²) in [7, 11) is 5.30. The molecule has 148 valence electrons. The summed E-state index contributed by atoms with van der Waals surface area (Å²) in [5.74, 6) is -0.493. The number of pyridine rings is 1. The predicted molar refractivity (Wildman–Crippen MR) is 107 cm³/mol. The summed E-state index contributed by atoms with van der Waals surface area (Å²) in [6.07, 6.45) is 1.54. The number of rotatable bonds is 4. The van der Waals surface area contributed by atoms with Crippen molar-refractivity contribution in [2.45, 2.75) is 12.6 Å². The van der Waals surface area contributed by atoms with Gasteiger partial charge in [-0.25, -0.2) is 0 Å². The van der Waals surface area contributed by atoms with E-state index in [-0.39, 0.29) is 30.0 Å². The lowest BCUT2D eigenvalue weighted by Crippen LogP contribution is -2.50. The average molecular weight is 382 g/mol. The van der Waals surface area contributed by atoms with Gasteiger partial charge in [-0.1, -0.05) is 30.3 Å². The summed E-state index contributed by atoms with van der Waals surface area (Å²) in [6, 6.07) is 12.9. The molecule has 0 aliphatic carbocycles. The molecular weight excluding hydrogens is 356 g/mol. The van der Waals surface area contributed by atoms with Crippen LogP contribution in [0.3, 0.4) is 0 Å². The third-order valence-electron chi connectivity index (χ3n) is 5.08. The fourth-order valence-corrected chi connectivity index (χ4v) is 3.39. The molecule has 1 unspecified atom stereocenters. The van der Waals surface area contributed by atoms with Crippen LogP contribution in [0.2, 0.25) is 0 Å². The van der Waals surface area contributed by atoms with E-state index in [0.717, 1.165) is 12.1 Å². The molecule has 1 atom stereocenters. The van der Waals surface area contributed by atoms with Gasteiger partial charge in [-0.05, 0) is 24.7 Å². The van der Waals surface area contributed by atoms with E-state index < -0.39 is 5.56 Å². The molecule has 1 saturated heterocycles. The zero-order valence-corrected chi connectivity index (χ0v) is 16.5. The molecule has 1 fully saturated rings. The molecule has 1 aromatic carbocycles. The zero-order chi connectivity index (χ0) is 20.3. The summed E-state index contributed by atoms with van der Waals surface area (Å²) in [4.78, 5) is 43.5. The SMILES string of the molecule is CN1CCN(C(=O)c2cccn(CC(=O)N(C)C)c2=O)C(c2ccccc2)C1. The molecule has 0 spiro atoms. The fraction of sp³-hybridized carbons (Fsp3) is 0.381. The lowest BCUT2D eigenvalue weighted by atomic mass is 10.0. The second-order valence-corrected chi connectivity index (χ2v) is 7.33. The van der Waals surface area contributed by atoms with Gasteiger partial charge in [0.2, 0.25) is 5.91 Å². The zero-order valence-electron chi connectivity index (χ0n) is 16.5. The minimum atomic E-state index is -0.437. The van der Waals surface area contributed by atoms with Gasteiger partial charge in [-0.15, -0.1) is 0 Å². The number of likely N-dealkylation sites (N-methyl/N-ethyl adjacent to an activating group) is 2. The van der Waals surface area contributed by atoms with E-state index in [1.54, 1.807) is 37.3 Å². The summed E-state index contributed by atoms with van der Waals surface area (Å²) in [5, 5.41) is 0. The normalized spacial score (nSPS) is 17.4. The Morgan fingerprint density at radius 1 is 1.07 bits per heavy atom. The van der Waals surface area contributed by atoms with E-state index >= 15 is 0 Å². The van der Waals surface area contributed by atoms with E-state index in [0.29, 0.717) is 13.1 Å². The van der Waals surface area contributed by atoms with Gasteiger partial charge in [0.05, 0.1) is 6.04 Å². The molecule has 28 heavy (non-hydrogen) atoms. The fourth-order valence-electron chi connectivity index (χ4n) is 3.39. The Bertz CT molecular complexity index is 907. The van der Waals surface area contributed by atoms with Crippen LogP contribution < -0.4 is 5.56 Å². The number of hydrogen-bond donors (Lipinski definition) is 0. The van der Waals surface area contributed by atoms with Crippen LogP contribution in [0, 0.1) is 0 Å². The van der Waals surface area contributed by atoms with Gasteiger partial charge in [-0.3, -0.25) is 14.4 Å². The van der Waals surface area contributed by atoms with Gasteiger partial charge < -0.3 is 19.3 Å². The van der Waals surface area contributed by atoms with E-state index in [1.807, 2.05) is 37.4 Å². The van der Waals surface area contributed by atoms with Crippen molar-refractivity contribution in [1.82, 2.24) is 19.3 Å². The molecule has 2 heterocycles. The summed E-state index contributed by atoms with van der Waals surface area (Å²) in [6.45, 7) is 1.91. The molecule has 0 radical (unpaired) electrons. The molecule has 2 aromatic rings. The lowest BCUT2D eigenvalue weighted by molar-refractivity contribution is -0.129. The number of benzene rings is 1. The van der Waals surface area contributed by atoms with Crippen molar-refractivity contribution in [3.05, 3.63) is 70.1 Å². The summed E-state index contributed by atoms with van der Waals surface area (Å²) in [5.41, 5.74) is 0.703. The van der Waals surface area contributed by atoms with Crippen LogP contribution >= 0.6 is 0 Å². The van der Waals surface area contributed by atoms with Gasteiger partial charge >= 0.3 is 0 Å². The molecule has 7 heteroatoms. The van der Waals surface area contributed by atoms with Gasteiger partial charge in [0.25, 0.3) is 11.5 Å². The lowest BCUT2D eigenvalue weighted by Gasteiger charge is -2.40. The molecule has 1 aliphatic heterocycles. The van der Waals surface area contributed by atoms with Crippen molar-refractivity contribution < 1.29 is 9.59 Å².